The van der Waals surface area contributed by atoms with Crippen molar-refractivity contribution in [3.05, 3.63) is 41.7 Å². The lowest BCUT2D eigenvalue weighted by atomic mass is 10.00. The molecule has 1 aliphatic heterocycles. The van der Waals surface area contributed by atoms with Gasteiger partial charge in [-0.15, -0.1) is 6.42 Å². The van der Waals surface area contributed by atoms with E-state index < -0.39 is 0 Å². The van der Waals surface area contributed by atoms with Crippen molar-refractivity contribution in [1.29, 1.82) is 0 Å². The summed E-state index contributed by atoms with van der Waals surface area (Å²) in [5.41, 5.74) is 2.16. The third-order valence-electron chi connectivity index (χ3n) is 4.31. The van der Waals surface area contributed by atoms with E-state index in [2.05, 4.69) is 16.3 Å². The summed E-state index contributed by atoms with van der Waals surface area (Å²) in [5.74, 6) is 3.18. The quantitative estimate of drug-likeness (QED) is 0.846. The minimum absolute atomic E-state index is 0.146. The Morgan fingerprint density at radius 1 is 1.52 bits per heavy atom. The van der Waals surface area contributed by atoms with E-state index in [1.807, 2.05) is 25.1 Å². The van der Waals surface area contributed by atoms with Crippen molar-refractivity contribution in [3.8, 4) is 23.8 Å². The summed E-state index contributed by atoms with van der Waals surface area (Å²) in [5, 5.41) is 7.24. The molecule has 1 fully saturated rings. The molecule has 1 aromatic heterocycles. The van der Waals surface area contributed by atoms with Crippen molar-refractivity contribution in [1.82, 2.24) is 15.1 Å². The van der Waals surface area contributed by atoms with Gasteiger partial charge in [0.25, 0.3) is 5.91 Å². The molecule has 1 aliphatic rings. The second kappa shape index (κ2) is 7.41. The number of hydrogen-bond acceptors (Lipinski definition) is 4. The molecule has 2 heterocycles. The van der Waals surface area contributed by atoms with E-state index >= 15 is 0 Å². The third-order valence-corrected chi connectivity index (χ3v) is 4.31. The van der Waals surface area contributed by atoms with Gasteiger partial charge in [-0.3, -0.25) is 4.79 Å². The Hall–Kier alpha value is -2.78. The van der Waals surface area contributed by atoms with E-state index in [9.17, 15) is 4.79 Å². The van der Waals surface area contributed by atoms with E-state index in [0.29, 0.717) is 24.7 Å². The summed E-state index contributed by atoms with van der Waals surface area (Å²) < 4.78 is 12.3. The summed E-state index contributed by atoms with van der Waals surface area (Å²) in [6.45, 7) is 3.24. The Balaban J connectivity index is 1.78. The Kier molecular flexibility index (Phi) is 5.05. The third kappa shape index (κ3) is 3.67. The van der Waals surface area contributed by atoms with Crippen LogP contribution in [0.3, 0.4) is 0 Å². The molecule has 2 aromatic rings. The van der Waals surface area contributed by atoms with Crippen molar-refractivity contribution < 1.29 is 14.3 Å². The summed E-state index contributed by atoms with van der Waals surface area (Å²) in [4.78, 5) is 12.5. The molecule has 1 saturated heterocycles. The zero-order chi connectivity index (χ0) is 17.8. The molecule has 0 aliphatic carbocycles. The van der Waals surface area contributed by atoms with Crippen molar-refractivity contribution in [3.63, 3.8) is 0 Å². The van der Waals surface area contributed by atoms with E-state index in [1.54, 1.807) is 24.1 Å². The fraction of sp³-hybridized carbons (Fsp3) is 0.368. The highest BCUT2D eigenvalue weighted by molar-refractivity contribution is 5.92. The number of hydrogen-bond donors (Lipinski definition) is 1. The van der Waals surface area contributed by atoms with Gasteiger partial charge in [0.15, 0.2) is 5.69 Å². The van der Waals surface area contributed by atoms with Crippen molar-refractivity contribution in [2.24, 2.45) is 5.92 Å². The van der Waals surface area contributed by atoms with Gasteiger partial charge < -0.3 is 14.8 Å². The molecule has 0 spiro atoms. The second-order valence-corrected chi connectivity index (χ2v) is 6.06. The maximum Gasteiger partial charge on any atom is 0.272 e. The first-order valence-electron chi connectivity index (χ1n) is 8.18. The first-order valence-corrected chi connectivity index (χ1v) is 8.18. The Morgan fingerprint density at radius 3 is 3.04 bits per heavy atom. The Labute approximate surface area is 147 Å². The molecule has 2 atom stereocenters. The smallest absolute Gasteiger partial charge is 0.272 e. The molecule has 0 saturated carbocycles. The SMILES string of the molecule is C#CC(NC(=O)c1ccn(-c2cc(C)ccc2OC)n1)C1CCOC1. The largest absolute Gasteiger partial charge is 0.494 e. The van der Waals surface area contributed by atoms with Gasteiger partial charge in [-0.2, -0.15) is 5.10 Å². The predicted octanol–water partition coefficient (Wildman–Crippen LogP) is 1.96. The summed E-state index contributed by atoms with van der Waals surface area (Å²) >= 11 is 0. The number of aryl methyl sites for hydroxylation is 1. The van der Waals surface area contributed by atoms with Crippen LogP contribution in [0.25, 0.3) is 5.69 Å². The van der Waals surface area contributed by atoms with Crippen LogP contribution < -0.4 is 10.1 Å². The molecule has 6 heteroatoms. The molecule has 1 aromatic carbocycles. The fourth-order valence-corrected chi connectivity index (χ4v) is 2.88. The first kappa shape index (κ1) is 17.1. The minimum Gasteiger partial charge on any atom is -0.494 e. The highest BCUT2D eigenvalue weighted by Crippen LogP contribution is 2.23. The monoisotopic (exact) mass is 339 g/mol. The average molecular weight is 339 g/mol. The number of terminal acetylenes is 1. The van der Waals surface area contributed by atoms with E-state index in [-0.39, 0.29) is 17.9 Å². The number of methoxy groups -OCH3 is 1. The van der Waals surface area contributed by atoms with Gasteiger partial charge in [0.1, 0.15) is 11.4 Å². The van der Waals surface area contributed by atoms with Crippen LogP contribution in [0.4, 0.5) is 0 Å². The molecule has 1 amide bonds. The number of benzene rings is 1. The molecule has 2 unspecified atom stereocenters. The lowest BCUT2D eigenvalue weighted by Gasteiger charge is -2.17. The molecule has 130 valence electrons. The molecule has 25 heavy (non-hydrogen) atoms. The van der Waals surface area contributed by atoms with Gasteiger partial charge in [-0.1, -0.05) is 12.0 Å². The minimum atomic E-state index is -0.353. The van der Waals surface area contributed by atoms with Crippen LogP contribution in [0.1, 0.15) is 22.5 Å². The standard InChI is InChI=1S/C19H21N3O3/c1-4-15(14-8-10-25-12-14)20-19(23)16-7-9-22(21-16)17-11-13(2)5-6-18(17)24-3/h1,5-7,9,11,14-15H,8,10,12H2,2-3H3,(H,20,23). The van der Waals surface area contributed by atoms with Crippen molar-refractivity contribution in [2.45, 2.75) is 19.4 Å². The number of carbonyl (C=O) groups is 1. The second-order valence-electron chi connectivity index (χ2n) is 6.06. The zero-order valence-corrected chi connectivity index (χ0v) is 14.4. The van der Waals surface area contributed by atoms with Crippen LogP contribution in [-0.2, 0) is 4.74 Å². The summed E-state index contributed by atoms with van der Waals surface area (Å²) in [6.07, 6.45) is 8.15. The topological polar surface area (TPSA) is 65.4 Å². The number of nitrogens with zero attached hydrogens (tertiary/aromatic N) is 2. The number of aromatic nitrogens is 2. The molecule has 1 N–H and O–H groups in total. The van der Waals surface area contributed by atoms with Gasteiger partial charge >= 0.3 is 0 Å². The number of rotatable bonds is 5. The van der Waals surface area contributed by atoms with Crippen LogP contribution in [0, 0.1) is 25.2 Å². The number of nitrogens with one attached hydrogen (secondary N) is 1. The first-order chi connectivity index (χ1) is 12.1. The van der Waals surface area contributed by atoms with Crippen LogP contribution in [-0.4, -0.2) is 42.1 Å². The molecular formula is C19H21N3O3. The van der Waals surface area contributed by atoms with Crippen LogP contribution >= 0.6 is 0 Å². The number of amides is 1. The molecule has 3 rings (SSSR count). The number of carbonyl (C=O) groups excluding carboxylic acids is 1. The zero-order valence-electron chi connectivity index (χ0n) is 14.4. The van der Waals surface area contributed by atoms with Crippen LogP contribution in [0.5, 0.6) is 5.75 Å². The fourth-order valence-electron chi connectivity index (χ4n) is 2.88. The van der Waals surface area contributed by atoms with Crippen LogP contribution in [0.2, 0.25) is 0 Å². The maximum atomic E-state index is 12.5. The van der Waals surface area contributed by atoms with Crippen molar-refractivity contribution >= 4 is 5.91 Å². The van der Waals surface area contributed by atoms with E-state index in [0.717, 1.165) is 17.7 Å². The van der Waals surface area contributed by atoms with Crippen molar-refractivity contribution in [2.75, 3.05) is 20.3 Å². The predicted molar refractivity (Wildman–Crippen MR) is 93.9 cm³/mol. The van der Waals surface area contributed by atoms with Gasteiger partial charge in [-0.05, 0) is 37.1 Å². The molecule has 6 nitrogen and oxygen atoms in total. The van der Waals surface area contributed by atoms with Gasteiger partial charge in [-0.25, -0.2) is 4.68 Å². The summed E-state index contributed by atoms with van der Waals surface area (Å²) in [7, 11) is 1.60. The molecule has 0 radical (unpaired) electrons. The Bertz CT molecular complexity index is 800. The lowest BCUT2D eigenvalue weighted by molar-refractivity contribution is 0.0926. The van der Waals surface area contributed by atoms with Gasteiger partial charge in [0, 0.05) is 18.7 Å². The highest BCUT2D eigenvalue weighted by atomic mass is 16.5. The van der Waals surface area contributed by atoms with E-state index in [4.69, 9.17) is 15.9 Å². The van der Waals surface area contributed by atoms with E-state index in [1.165, 1.54) is 0 Å². The number of ether oxygens (including phenoxy) is 2. The van der Waals surface area contributed by atoms with Gasteiger partial charge in [0.05, 0.1) is 19.8 Å². The lowest BCUT2D eigenvalue weighted by Crippen LogP contribution is -2.39. The highest BCUT2D eigenvalue weighted by Gasteiger charge is 2.26. The summed E-state index contributed by atoms with van der Waals surface area (Å²) in [6, 6.07) is 7.10. The maximum absolute atomic E-state index is 12.5. The average Bonchev–Trinajstić information content (AvgIpc) is 3.31. The normalized spacial score (nSPS) is 17.7. The molecular weight excluding hydrogens is 318 g/mol. The molecule has 0 bridgehead atoms. The van der Waals surface area contributed by atoms with Gasteiger partial charge in [0.2, 0.25) is 0 Å². The Morgan fingerprint density at radius 2 is 2.36 bits per heavy atom. The van der Waals surface area contributed by atoms with Crippen LogP contribution in [0.15, 0.2) is 30.5 Å².